The summed E-state index contributed by atoms with van der Waals surface area (Å²) in [4.78, 5) is 12.0. The van der Waals surface area contributed by atoms with Crippen LogP contribution in [0.5, 0.6) is 5.75 Å². The third kappa shape index (κ3) is 5.71. The molecule has 0 saturated carbocycles. The van der Waals surface area contributed by atoms with Crippen molar-refractivity contribution in [3.63, 3.8) is 0 Å². The van der Waals surface area contributed by atoms with Gasteiger partial charge >= 0.3 is 0 Å². The summed E-state index contributed by atoms with van der Waals surface area (Å²) in [7, 11) is 0. The van der Waals surface area contributed by atoms with Gasteiger partial charge < -0.3 is 10.1 Å². The second kappa shape index (κ2) is 8.73. The van der Waals surface area contributed by atoms with E-state index in [1.54, 1.807) is 0 Å². The zero-order valence-electron chi connectivity index (χ0n) is 13.6. The Labute approximate surface area is 146 Å². The van der Waals surface area contributed by atoms with Crippen molar-refractivity contribution in [3.8, 4) is 5.75 Å². The molecule has 122 valence electrons. The largest absolute Gasteiger partial charge is 0.494 e. The Bertz CT molecular complexity index is 653. The second-order valence-corrected chi connectivity index (χ2v) is 6.34. The summed E-state index contributed by atoms with van der Waals surface area (Å²) in [6.07, 6.45) is 2.10. The van der Waals surface area contributed by atoms with Gasteiger partial charge in [-0.25, -0.2) is 0 Å². The van der Waals surface area contributed by atoms with Crippen molar-refractivity contribution >= 4 is 27.5 Å². The Hall–Kier alpha value is -1.81. The monoisotopic (exact) mass is 375 g/mol. The quantitative estimate of drug-likeness (QED) is 0.682. The molecule has 0 aliphatic heterocycles. The molecule has 0 bridgehead atoms. The van der Waals surface area contributed by atoms with Crippen LogP contribution in [-0.2, 0) is 11.2 Å². The van der Waals surface area contributed by atoms with Gasteiger partial charge in [0.05, 0.1) is 12.3 Å². The van der Waals surface area contributed by atoms with Gasteiger partial charge in [-0.3, -0.25) is 4.79 Å². The van der Waals surface area contributed by atoms with E-state index >= 15 is 0 Å². The molecule has 2 rings (SSSR count). The first-order chi connectivity index (χ1) is 11.1. The van der Waals surface area contributed by atoms with Gasteiger partial charge in [-0.2, -0.15) is 0 Å². The predicted octanol–water partition coefficient (Wildman–Crippen LogP) is 5.12. The van der Waals surface area contributed by atoms with E-state index in [0.717, 1.165) is 22.3 Å². The third-order valence-corrected chi connectivity index (χ3v) is 4.21. The summed E-state index contributed by atoms with van der Waals surface area (Å²) < 4.78 is 6.54. The number of carbonyl (C=O) groups excluding carboxylic acids is 1. The number of rotatable bonds is 7. The normalized spacial score (nSPS) is 10.4. The Morgan fingerprint density at radius 3 is 2.57 bits per heavy atom. The van der Waals surface area contributed by atoms with Crippen LogP contribution in [0.25, 0.3) is 0 Å². The summed E-state index contributed by atoms with van der Waals surface area (Å²) in [5.74, 6) is 0.844. The molecule has 0 fully saturated rings. The summed E-state index contributed by atoms with van der Waals surface area (Å²) in [5.41, 5.74) is 3.25. The Kier molecular flexibility index (Phi) is 6.66. The highest BCUT2D eigenvalue weighted by Gasteiger charge is 2.06. The summed E-state index contributed by atoms with van der Waals surface area (Å²) in [6.45, 7) is 4.68. The molecule has 1 N–H and O–H groups in total. The van der Waals surface area contributed by atoms with Gasteiger partial charge in [0.2, 0.25) is 5.91 Å². The predicted molar refractivity (Wildman–Crippen MR) is 98.1 cm³/mol. The van der Waals surface area contributed by atoms with E-state index in [1.165, 1.54) is 11.1 Å². The molecule has 0 aliphatic carbocycles. The first kappa shape index (κ1) is 17.5. The average molecular weight is 376 g/mol. The van der Waals surface area contributed by atoms with Crippen molar-refractivity contribution in [2.24, 2.45) is 0 Å². The fourth-order valence-corrected chi connectivity index (χ4v) is 2.68. The van der Waals surface area contributed by atoms with Crippen LogP contribution in [0.15, 0.2) is 46.9 Å². The van der Waals surface area contributed by atoms with Crippen molar-refractivity contribution < 1.29 is 9.53 Å². The van der Waals surface area contributed by atoms with Crippen LogP contribution in [0.2, 0.25) is 0 Å². The van der Waals surface area contributed by atoms with Crippen LogP contribution < -0.4 is 10.1 Å². The van der Waals surface area contributed by atoms with Gasteiger partial charge in [0.25, 0.3) is 0 Å². The Balaban J connectivity index is 1.74. The van der Waals surface area contributed by atoms with Crippen LogP contribution in [0.4, 0.5) is 5.69 Å². The molecule has 0 spiro atoms. The van der Waals surface area contributed by atoms with Crippen molar-refractivity contribution in [1.29, 1.82) is 0 Å². The van der Waals surface area contributed by atoms with Crippen molar-refractivity contribution in [2.75, 3.05) is 11.9 Å². The van der Waals surface area contributed by atoms with Crippen molar-refractivity contribution in [2.45, 2.75) is 33.1 Å². The van der Waals surface area contributed by atoms with Gasteiger partial charge in [-0.1, -0.05) is 30.7 Å². The summed E-state index contributed by atoms with van der Waals surface area (Å²) >= 11 is 3.50. The van der Waals surface area contributed by atoms with Crippen LogP contribution in [0, 0.1) is 6.92 Å². The maximum atomic E-state index is 12.0. The van der Waals surface area contributed by atoms with E-state index in [4.69, 9.17) is 4.74 Å². The van der Waals surface area contributed by atoms with E-state index in [2.05, 4.69) is 28.2 Å². The number of hydrogen-bond acceptors (Lipinski definition) is 2. The van der Waals surface area contributed by atoms with E-state index in [1.807, 2.05) is 49.4 Å². The van der Waals surface area contributed by atoms with Gasteiger partial charge in [-0.15, -0.1) is 0 Å². The molecule has 2 aromatic carbocycles. The molecule has 4 heteroatoms. The average Bonchev–Trinajstić information content (AvgIpc) is 2.55. The number of hydrogen-bond donors (Lipinski definition) is 1. The minimum Gasteiger partial charge on any atom is -0.494 e. The van der Waals surface area contributed by atoms with Crippen molar-refractivity contribution in [1.82, 2.24) is 0 Å². The van der Waals surface area contributed by atoms with Crippen molar-refractivity contribution in [3.05, 3.63) is 58.1 Å². The molecular formula is C19H22BrNO2. The van der Waals surface area contributed by atoms with E-state index in [9.17, 15) is 4.79 Å². The second-order valence-electron chi connectivity index (χ2n) is 5.48. The number of benzene rings is 2. The van der Waals surface area contributed by atoms with Gasteiger partial charge in [-0.05, 0) is 65.5 Å². The minimum absolute atomic E-state index is 0.00227. The molecule has 23 heavy (non-hydrogen) atoms. The van der Waals surface area contributed by atoms with E-state index in [0.29, 0.717) is 19.4 Å². The lowest BCUT2D eigenvalue weighted by Gasteiger charge is -2.09. The Morgan fingerprint density at radius 2 is 1.91 bits per heavy atom. The number of ether oxygens (including phenoxy) is 1. The molecule has 0 atom stereocenters. The first-order valence-electron chi connectivity index (χ1n) is 7.86. The third-order valence-electron chi connectivity index (χ3n) is 3.55. The lowest BCUT2D eigenvalue weighted by molar-refractivity contribution is -0.116. The standard InChI is InChI=1S/C19H22BrNO2/c1-3-15-8-11-18(17(20)13-15)21-19(22)5-4-12-23-16-9-6-14(2)7-10-16/h6-11,13H,3-5,12H2,1-2H3,(H,21,22). The number of carbonyl (C=O) groups is 1. The lowest BCUT2D eigenvalue weighted by Crippen LogP contribution is -2.13. The van der Waals surface area contributed by atoms with Crippen LogP contribution in [0.1, 0.15) is 30.9 Å². The van der Waals surface area contributed by atoms with E-state index < -0.39 is 0 Å². The maximum Gasteiger partial charge on any atom is 0.224 e. The summed E-state index contributed by atoms with van der Waals surface area (Å²) in [5, 5.41) is 2.93. The maximum absolute atomic E-state index is 12.0. The van der Waals surface area contributed by atoms with E-state index in [-0.39, 0.29) is 5.91 Å². The van der Waals surface area contributed by atoms with Crippen LogP contribution >= 0.6 is 15.9 Å². The SMILES string of the molecule is CCc1ccc(NC(=O)CCCOc2ccc(C)cc2)c(Br)c1. The van der Waals surface area contributed by atoms with Gasteiger partial charge in [0.1, 0.15) is 5.75 Å². The number of nitrogens with one attached hydrogen (secondary N) is 1. The number of amides is 1. The molecule has 0 aromatic heterocycles. The Morgan fingerprint density at radius 1 is 1.17 bits per heavy atom. The highest BCUT2D eigenvalue weighted by atomic mass is 79.9. The summed E-state index contributed by atoms with van der Waals surface area (Å²) in [6, 6.07) is 13.9. The minimum atomic E-state index is 0.00227. The molecular weight excluding hydrogens is 354 g/mol. The zero-order valence-corrected chi connectivity index (χ0v) is 15.2. The van der Waals surface area contributed by atoms with Gasteiger partial charge in [0, 0.05) is 10.9 Å². The molecule has 3 nitrogen and oxygen atoms in total. The lowest BCUT2D eigenvalue weighted by atomic mass is 10.1. The van der Waals surface area contributed by atoms with Crippen LogP contribution in [0.3, 0.4) is 0 Å². The number of halogens is 1. The van der Waals surface area contributed by atoms with Gasteiger partial charge in [0.15, 0.2) is 0 Å². The molecule has 1 amide bonds. The first-order valence-corrected chi connectivity index (χ1v) is 8.65. The molecule has 0 unspecified atom stereocenters. The molecule has 2 aromatic rings. The molecule has 0 saturated heterocycles. The highest BCUT2D eigenvalue weighted by Crippen LogP contribution is 2.24. The fraction of sp³-hybridized carbons (Fsp3) is 0.316. The van der Waals surface area contributed by atoms with Crippen LogP contribution in [-0.4, -0.2) is 12.5 Å². The fourth-order valence-electron chi connectivity index (χ4n) is 2.15. The molecule has 0 aliphatic rings. The number of anilines is 1. The highest BCUT2D eigenvalue weighted by molar-refractivity contribution is 9.10. The number of aryl methyl sites for hydroxylation is 2. The topological polar surface area (TPSA) is 38.3 Å². The smallest absolute Gasteiger partial charge is 0.224 e. The zero-order chi connectivity index (χ0) is 16.7. The molecule has 0 heterocycles. The molecule has 0 radical (unpaired) electrons.